The standard InChI is InChI=1S/C11H14FNOS/c1-8(15)11(14)13-7-6-9-4-2-3-5-10(9)12/h2-5,8,15H,6-7H2,1H3,(H,13,14). The Hall–Kier alpha value is -1.03. The maximum Gasteiger partial charge on any atom is 0.232 e. The Balaban J connectivity index is 2.38. The van der Waals surface area contributed by atoms with Gasteiger partial charge in [0.2, 0.25) is 5.91 Å². The van der Waals surface area contributed by atoms with Gasteiger partial charge in [0.15, 0.2) is 0 Å². The van der Waals surface area contributed by atoms with Crippen LogP contribution in [-0.4, -0.2) is 17.7 Å². The van der Waals surface area contributed by atoms with Gasteiger partial charge in [0.05, 0.1) is 5.25 Å². The molecular weight excluding hydrogens is 213 g/mol. The molecule has 0 aliphatic heterocycles. The van der Waals surface area contributed by atoms with Crippen molar-refractivity contribution >= 4 is 18.5 Å². The molecule has 1 aromatic rings. The van der Waals surface area contributed by atoms with Gasteiger partial charge in [0.25, 0.3) is 0 Å². The van der Waals surface area contributed by atoms with Crippen molar-refractivity contribution in [1.82, 2.24) is 5.32 Å². The molecule has 15 heavy (non-hydrogen) atoms. The van der Waals surface area contributed by atoms with Gasteiger partial charge in [-0.05, 0) is 25.0 Å². The zero-order valence-corrected chi connectivity index (χ0v) is 9.43. The van der Waals surface area contributed by atoms with Crippen molar-refractivity contribution in [2.75, 3.05) is 6.54 Å². The highest BCUT2D eigenvalue weighted by molar-refractivity contribution is 7.81. The van der Waals surface area contributed by atoms with E-state index in [9.17, 15) is 9.18 Å². The molecule has 4 heteroatoms. The molecule has 0 fully saturated rings. The van der Waals surface area contributed by atoms with Crippen LogP contribution in [0.2, 0.25) is 0 Å². The first-order valence-corrected chi connectivity index (χ1v) is 5.32. The third-order valence-electron chi connectivity index (χ3n) is 2.03. The first kappa shape index (κ1) is 12.0. The normalized spacial score (nSPS) is 12.2. The van der Waals surface area contributed by atoms with Crippen LogP contribution in [0.3, 0.4) is 0 Å². The Morgan fingerprint density at radius 3 is 2.80 bits per heavy atom. The number of carbonyl (C=O) groups is 1. The maximum absolute atomic E-state index is 13.1. The highest BCUT2D eigenvalue weighted by Gasteiger charge is 2.06. The van der Waals surface area contributed by atoms with Crippen LogP contribution in [0.1, 0.15) is 12.5 Å². The fraction of sp³-hybridized carbons (Fsp3) is 0.364. The molecule has 1 N–H and O–H groups in total. The smallest absolute Gasteiger partial charge is 0.232 e. The molecule has 1 unspecified atom stereocenters. The predicted octanol–water partition coefficient (Wildman–Crippen LogP) is 1.80. The molecule has 1 rings (SSSR count). The molecule has 1 atom stereocenters. The molecule has 0 aliphatic carbocycles. The van der Waals surface area contributed by atoms with Crippen molar-refractivity contribution in [1.29, 1.82) is 0 Å². The number of rotatable bonds is 4. The number of thiol groups is 1. The van der Waals surface area contributed by atoms with Crippen LogP contribution in [0.25, 0.3) is 0 Å². The summed E-state index contributed by atoms with van der Waals surface area (Å²) in [7, 11) is 0. The molecule has 0 radical (unpaired) electrons. The van der Waals surface area contributed by atoms with Crippen LogP contribution < -0.4 is 5.32 Å². The Morgan fingerprint density at radius 1 is 1.53 bits per heavy atom. The lowest BCUT2D eigenvalue weighted by Gasteiger charge is -2.07. The fourth-order valence-corrected chi connectivity index (χ4v) is 1.26. The maximum atomic E-state index is 13.1. The van der Waals surface area contributed by atoms with Crippen molar-refractivity contribution in [2.24, 2.45) is 0 Å². The second kappa shape index (κ2) is 5.75. The van der Waals surface area contributed by atoms with E-state index in [0.29, 0.717) is 18.5 Å². The predicted molar refractivity (Wildman–Crippen MR) is 61.6 cm³/mol. The Labute approximate surface area is 94.3 Å². The average molecular weight is 227 g/mol. The molecule has 0 aromatic heterocycles. The van der Waals surface area contributed by atoms with Gasteiger partial charge >= 0.3 is 0 Å². The zero-order valence-electron chi connectivity index (χ0n) is 8.53. The van der Waals surface area contributed by atoms with Crippen LogP contribution in [0.15, 0.2) is 24.3 Å². The summed E-state index contributed by atoms with van der Waals surface area (Å²) in [4.78, 5) is 11.1. The van der Waals surface area contributed by atoms with E-state index in [1.807, 2.05) is 0 Å². The summed E-state index contributed by atoms with van der Waals surface area (Å²) in [6.45, 7) is 2.13. The molecule has 0 saturated heterocycles. The molecule has 0 saturated carbocycles. The summed E-state index contributed by atoms with van der Waals surface area (Å²) >= 11 is 3.99. The highest BCUT2D eigenvalue weighted by atomic mass is 32.1. The number of benzene rings is 1. The second-order valence-corrected chi connectivity index (χ2v) is 4.08. The lowest BCUT2D eigenvalue weighted by Crippen LogP contribution is -2.31. The Bertz CT molecular complexity index is 341. The largest absolute Gasteiger partial charge is 0.355 e. The zero-order chi connectivity index (χ0) is 11.3. The van der Waals surface area contributed by atoms with Crippen molar-refractivity contribution < 1.29 is 9.18 Å². The topological polar surface area (TPSA) is 29.1 Å². The Kier molecular flexibility index (Phi) is 4.62. The van der Waals surface area contributed by atoms with E-state index in [2.05, 4.69) is 17.9 Å². The molecule has 0 aliphatic rings. The summed E-state index contributed by atoms with van der Waals surface area (Å²) in [5, 5.41) is 2.35. The minimum atomic E-state index is -0.328. The SMILES string of the molecule is CC(S)C(=O)NCCc1ccccc1F. The highest BCUT2D eigenvalue weighted by Crippen LogP contribution is 2.06. The number of halogens is 1. The van der Waals surface area contributed by atoms with Gasteiger partial charge in [0.1, 0.15) is 5.82 Å². The van der Waals surface area contributed by atoms with Crippen molar-refractivity contribution in [3.63, 3.8) is 0 Å². The van der Waals surface area contributed by atoms with Gasteiger partial charge in [-0.2, -0.15) is 12.6 Å². The number of amides is 1. The van der Waals surface area contributed by atoms with E-state index in [1.165, 1.54) is 6.07 Å². The minimum absolute atomic E-state index is 0.130. The van der Waals surface area contributed by atoms with E-state index in [1.54, 1.807) is 25.1 Å². The lowest BCUT2D eigenvalue weighted by atomic mass is 10.1. The summed E-state index contributed by atoms with van der Waals surface area (Å²) in [5.74, 6) is -0.361. The van der Waals surface area contributed by atoms with Gasteiger partial charge in [-0.25, -0.2) is 4.39 Å². The molecule has 1 amide bonds. The second-order valence-electron chi connectivity index (χ2n) is 3.31. The molecule has 0 bridgehead atoms. The van der Waals surface area contributed by atoms with Crippen LogP contribution in [0.5, 0.6) is 0 Å². The van der Waals surface area contributed by atoms with Gasteiger partial charge < -0.3 is 5.32 Å². The van der Waals surface area contributed by atoms with Gasteiger partial charge in [-0.15, -0.1) is 0 Å². The molecule has 82 valence electrons. The van der Waals surface area contributed by atoms with E-state index < -0.39 is 0 Å². The van der Waals surface area contributed by atoms with E-state index in [0.717, 1.165) is 0 Å². The molecule has 2 nitrogen and oxygen atoms in total. The van der Waals surface area contributed by atoms with Gasteiger partial charge in [-0.1, -0.05) is 18.2 Å². The summed E-state index contributed by atoms with van der Waals surface area (Å²) in [6.07, 6.45) is 0.499. The summed E-state index contributed by atoms with van der Waals surface area (Å²) in [5.41, 5.74) is 0.615. The summed E-state index contributed by atoms with van der Waals surface area (Å²) in [6, 6.07) is 6.55. The molecule has 0 heterocycles. The van der Waals surface area contributed by atoms with E-state index in [4.69, 9.17) is 0 Å². The lowest BCUT2D eigenvalue weighted by molar-refractivity contribution is -0.120. The third kappa shape index (κ3) is 3.91. The van der Waals surface area contributed by atoms with Crippen LogP contribution in [0, 0.1) is 5.82 Å². The van der Waals surface area contributed by atoms with Crippen molar-refractivity contribution in [2.45, 2.75) is 18.6 Å². The number of nitrogens with one attached hydrogen (secondary N) is 1. The first-order valence-electron chi connectivity index (χ1n) is 4.80. The minimum Gasteiger partial charge on any atom is -0.355 e. The van der Waals surface area contributed by atoms with Gasteiger partial charge in [-0.3, -0.25) is 4.79 Å². The van der Waals surface area contributed by atoms with Crippen LogP contribution in [-0.2, 0) is 11.2 Å². The van der Waals surface area contributed by atoms with Crippen LogP contribution in [0.4, 0.5) is 4.39 Å². The molecular formula is C11H14FNOS. The molecule has 0 spiro atoms. The number of hydrogen-bond acceptors (Lipinski definition) is 2. The van der Waals surface area contributed by atoms with Crippen molar-refractivity contribution in [3.8, 4) is 0 Å². The quantitative estimate of drug-likeness (QED) is 0.755. The summed E-state index contributed by atoms with van der Waals surface area (Å²) < 4.78 is 13.1. The number of hydrogen-bond donors (Lipinski definition) is 2. The average Bonchev–Trinajstić information content (AvgIpc) is 2.20. The number of carbonyl (C=O) groups excluding carboxylic acids is 1. The third-order valence-corrected chi connectivity index (χ3v) is 2.27. The fourth-order valence-electron chi connectivity index (χ4n) is 1.17. The van der Waals surface area contributed by atoms with E-state index in [-0.39, 0.29) is 17.0 Å². The van der Waals surface area contributed by atoms with E-state index >= 15 is 0 Å². The monoisotopic (exact) mass is 227 g/mol. The van der Waals surface area contributed by atoms with Crippen LogP contribution >= 0.6 is 12.6 Å². The Morgan fingerprint density at radius 2 is 2.20 bits per heavy atom. The van der Waals surface area contributed by atoms with Gasteiger partial charge in [0, 0.05) is 6.54 Å². The molecule has 1 aromatic carbocycles. The first-order chi connectivity index (χ1) is 7.11. The van der Waals surface area contributed by atoms with Crippen molar-refractivity contribution in [3.05, 3.63) is 35.6 Å².